The molecule has 2 N–H and O–H groups in total. The molecular weight excluding hydrogens is 422 g/mol. The number of allylic oxidation sites excluding steroid dienone is 1. The van der Waals surface area contributed by atoms with Crippen molar-refractivity contribution in [3.05, 3.63) is 76.2 Å². The van der Waals surface area contributed by atoms with Gasteiger partial charge in [0.2, 0.25) is 5.95 Å². The first-order chi connectivity index (χ1) is 13.6. The lowest BCUT2D eigenvalue weighted by Gasteiger charge is -2.28. The van der Waals surface area contributed by atoms with Crippen LogP contribution in [0.3, 0.4) is 0 Å². The fourth-order valence-electron chi connectivity index (χ4n) is 3.21. The lowest BCUT2D eigenvalue weighted by molar-refractivity contribution is -0.113. The maximum Gasteiger partial charge on any atom is 0.255 e. The first-order valence-electron chi connectivity index (χ1n) is 8.65. The van der Waals surface area contributed by atoms with Gasteiger partial charge in [0.15, 0.2) is 0 Å². The highest BCUT2D eigenvalue weighted by molar-refractivity contribution is 9.10. The van der Waals surface area contributed by atoms with Crippen molar-refractivity contribution in [2.75, 3.05) is 17.7 Å². The van der Waals surface area contributed by atoms with Gasteiger partial charge < -0.3 is 15.4 Å². The fraction of sp³-hybridized carbons (Fsp3) is 0.150. The van der Waals surface area contributed by atoms with E-state index in [9.17, 15) is 4.79 Å². The maximum absolute atomic E-state index is 13.2. The molecule has 1 aliphatic heterocycles. The SMILES string of the molecule is COc1ccc(NC(=O)C2=C(C)Nc3ncnn3[C@@H]2c2ccc(Br)cc2)cc1. The van der Waals surface area contributed by atoms with Crippen molar-refractivity contribution in [2.45, 2.75) is 13.0 Å². The van der Waals surface area contributed by atoms with Gasteiger partial charge in [0, 0.05) is 15.9 Å². The van der Waals surface area contributed by atoms with Crippen molar-refractivity contribution in [1.29, 1.82) is 0 Å². The predicted octanol–water partition coefficient (Wildman–Crippen LogP) is 3.98. The minimum absolute atomic E-state index is 0.204. The maximum atomic E-state index is 13.2. The summed E-state index contributed by atoms with van der Waals surface area (Å²) in [6.45, 7) is 1.87. The van der Waals surface area contributed by atoms with E-state index >= 15 is 0 Å². The summed E-state index contributed by atoms with van der Waals surface area (Å²) in [5.74, 6) is 1.13. The van der Waals surface area contributed by atoms with Crippen LogP contribution >= 0.6 is 15.9 Å². The van der Waals surface area contributed by atoms with Gasteiger partial charge in [-0.05, 0) is 48.9 Å². The van der Waals surface area contributed by atoms with Gasteiger partial charge in [-0.25, -0.2) is 4.68 Å². The minimum Gasteiger partial charge on any atom is -0.497 e. The number of hydrogen-bond acceptors (Lipinski definition) is 5. The summed E-state index contributed by atoms with van der Waals surface area (Å²) >= 11 is 3.46. The number of anilines is 2. The number of aromatic nitrogens is 3. The number of carbonyl (C=O) groups is 1. The Morgan fingerprint density at radius 3 is 2.57 bits per heavy atom. The first-order valence-corrected chi connectivity index (χ1v) is 9.44. The van der Waals surface area contributed by atoms with Gasteiger partial charge in [-0.2, -0.15) is 10.1 Å². The molecule has 1 amide bonds. The monoisotopic (exact) mass is 439 g/mol. The minimum atomic E-state index is -0.384. The summed E-state index contributed by atoms with van der Waals surface area (Å²) in [5, 5.41) is 10.5. The van der Waals surface area contributed by atoms with E-state index in [1.807, 2.05) is 31.2 Å². The molecule has 0 fully saturated rings. The summed E-state index contributed by atoms with van der Waals surface area (Å²) in [6, 6.07) is 14.7. The Balaban J connectivity index is 1.71. The van der Waals surface area contributed by atoms with Crippen molar-refractivity contribution in [3.8, 4) is 5.75 Å². The van der Waals surface area contributed by atoms with Gasteiger partial charge in [0.05, 0.1) is 12.7 Å². The highest BCUT2D eigenvalue weighted by Crippen LogP contribution is 2.35. The molecule has 0 saturated carbocycles. The number of halogens is 1. The molecule has 1 atom stereocenters. The second kappa shape index (κ2) is 7.47. The number of fused-ring (bicyclic) bond motifs is 1. The molecule has 4 rings (SSSR count). The van der Waals surface area contributed by atoms with E-state index in [4.69, 9.17) is 4.74 Å². The highest BCUT2D eigenvalue weighted by atomic mass is 79.9. The Bertz CT molecular complexity index is 1040. The van der Waals surface area contributed by atoms with Crippen molar-refractivity contribution in [1.82, 2.24) is 14.8 Å². The highest BCUT2D eigenvalue weighted by Gasteiger charge is 2.33. The Morgan fingerprint density at radius 1 is 1.18 bits per heavy atom. The second-order valence-corrected chi connectivity index (χ2v) is 7.24. The van der Waals surface area contributed by atoms with Gasteiger partial charge in [-0.1, -0.05) is 28.1 Å². The molecular formula is C20H18BrN5O2. The molecule has 142 valence electrons. The van der Waals surface area contributed by atoms with Gasteiger partial charge in [-0.3, -0.25) is 4.79 Å². The zero-order chi connectivity index (χ0) is 19.7. The Morgan fingerprint density at radius 2 is 1.89 bits per heavy atom. The number of carbonyl (C=O) groups excluding carboxylic acids is 1. The lowest BCUT2D eigenvalue weighted by atomic mass is 9.95. The molecule has 0 bridgehead atoms. The van der Waals surface area contributed by atoms with Crippen molar-refractivity contribution < 1.29 is 9.53 Å². The number of benzene rings is 2. The smallest absolute Gasteiger partial charge is 0.255 e. The molecule has 7 nitrogen and oxygen atoms in total. The molecule has 28 heavy (non-hydrogen) atoms. The summed E-state index contributed by atoms with van der Waals surface area (Å²) in [6.07, 6.45) is 1.48. The number of amides is 1. The fourth-order valence-corrected chi connectivity index (χ4v) is 3.48. The number of ether oxygens (including phenoxy) is 1. The molecule has 0 spiro atoms. The van der Waals surface area contributed by atoms with Crippen LogP contribution in [0.2, 0.25) is 0 Å². The molecule has 8 heteroatoms. The van der Waals surface area contributed by atoms with Gasteiger partial charge in [-0.15, -0.1) is 0 Å². The standard InChI is InChI=1S/C20H18BrN5O2/c1-12-17(19(27)25-15-7-9-16(28-2)10-8-15)18(13-3-5-14(21)6-4-13)26-20(24-12)22-11-23-26/h3-11,18H,1-2H3,(H,25,27)(H,22,23,24)/t18-/m1/s1. The zero-order valence-electron chi connectivity index (χ0n) is 15.3. The molecule has 3 aromatic rings. The van der Waals surface area contributed by atoms with Gasteiger partial charge >= 0.3 is 0 Å². The topological polar surface area (TPSA) is 81.1 Å². The Labute approximate surface area is 170 Å². The van der Waals surface area contributed by atoms with Gasteiger partial charge in [0.25, 0.3) is 5.91 Å². The van der Waals surface area contributed by atoms with E-state index < -0.39 is 0 Å². The van der Waals surface area contributed by atoms with Crippen molar-refractivity contribution in [2.24, 2.45) is 0 Å². The number of hydrogen-bond donors (Lipinski definition) is 2. The van der Waals surface area contributed by atoms with E-state index in [1.165, 1.54) is 6.33 Å². The molecule has 2 aromatic carbocycles. The molecule has 0 saturated heterocycles. The molecule has 0 unspecified atom stereocenters. The summed E-state index contributed by atoms with van der Waals surface area (Å²) in [4.78, 5) is 17.5. The third kappa shape index (κ3) is 3.38. The van der Waals surface area contributed by atoms with Gasteiger partial charge in [0.1, 0.15) is 18.1 Å². The number of nitrogens with zero attached hydrogens (tertiary/aromatic N) is 3. The van der Waals surface area contributed by atoms with Crippen LogP contribution in [-0.2, 0) is 4.79 Å². The third-order valence-electron chi connectivity index (χ3n) is 4.57. The second-order valence-electron chi connectivity index (χ2n) is 6.33. The van der Waals surface area contributed by atoms with Crippen molar-refractivity contribution >= 4 is 33.5 Å². The van der Waals surface area contributed by atoms with Crippen LogP contribution < -0.4 is 15.4 Å². The van der Waals surface area contributed by atoms with E-state index in [1.54, 1.807) is 36.1 Å². The molecule has 2 heterocycles. The zero-order valence-corrected chi connectivity index (χ0v) is 16.9. The predicted molar refractivity (Wildman–Crippen MR) is 110 cm³/mol. The van der Waals surface area contributed by atoms with Crippen LogP contribution in [0.5, 0.6) is 5.75 Å². The van der Waals surface area contributed by atoms with Crippen LogP contribution in [0.25, 0.3) is 0 Å². The van der Waals surface area contributed by atoms with E-state index in [-0.39, 0.29) is 11.9 Å². The number of nitrogens with one attached hydrogen (secondary N) is 2. The quantitative estimate of drug-likeness (QED) is 0.642. The summed E-state index contributed by atoms with van der Waals surface area (Å²) in [7, 11) is 1.61. The Hall–Kier alpha value is -3.13. The Kier molecular flexibility index (Phi) is 4.87. The summed E-state index contributed by atoms with van der Waals surface area (Å²) < 4.78 is 7.86. The van der Waals surface area contributed by atoms with Crippen LogP contribution in [-0.4, -0.2) is 27.8 Å². The lowest BCUT2D eigenvalue weighted by Crippen LogP contribution is -2.31. The molecule has 1 aliphatic rings. The van der Waals surface area contributed by atoms with E-state index in [0.29, 0.717) is 17.2 Å². The van der Waals surface area contributed by atoms with Crippen LogP contribution in [0, 0.1) is 0 Å². The van der Waals surface area contributed by atoms with Crippen molar-refractivity contribution in [3.63, 3.8) is 0 Å². The normalized spacial score (nSPS) is 15.6. The largest absolute Gasteiger partial charge is 0.497 e. The summed E-state index contributed by atoms with van der Waals surface area (Å²) in [5.41, 5.74) is 2.94. The number of methoxy groups -OCH3 is 1. The van der Waals surface area contributed by atoms with Crippen LogP contribution in [0.15, 0.2) is 70.6 Å². The molecule has 0 radical (unpaired) electrons. The van der Waals surface area contributed by atoms with E-state index in [2.05, 4.69) is 36.6 Å². The average Bonchev–Trinajstić information content (AvgIpc) is 3.16. The van der Waals surface area contributed by atoms with E-state index in [0.717, 1.165) is 21.5 Å². The van der Waals surface area contributed by atoms with Crippen LogP contribution in [0.4, 0.5) is 11.6 Å². The molecule has 0 aliphatic carbocycles. The number of rotatable bonds is 4. The third-order valence-corrected chi connectivity index (χ3v) is 5.10. The molecule has 1 aromatic heterocycles. The first kappa shape index (κ1) is 18.2. The average molecular weight is 440 g/mol. The van der Waals surface area contributed by atoms with Crippen LogP contribution in [0.1, 0.15) is 18.5 Å².